The largest absolute Gasteiger partial charge is 0.399 e. The molecule has 0 saturated carbocycles. The number of carbonyl (C=O) groups excluding carboxylic acids is 1. The summed E-state index contributed by atoms with van der Waals surface area (Å²) in [5, 5.41) is 3.23. The predicted molar refractivity (Wildman–Crippen MR) is 100 cm³/mol. The van der Waals surface area contributed by atoms with Crippen LogP contribution in [0.4, 0.5) is 5.69 Å². The van der Waals surface area contributed by atoms with Crippen molar-refractivity contribution in [1.82, 2.24) is 9.88 Å². The van der Waals surface area contributed by atoms with E-state index in [4.69, 9.17) is 5.73 Å². The fraction of sp³-hybridized carbons (Fsp3) is 0.375. The first-order valence-corrected chi connectivity index (χ1v) is 8.08. The molecular weight excluding hydrogens is 353 g/mol. The van der Waals surface area contributed by atoms with Gasteiger partial charge in [0.25, 0.3) is 5.91 Å². The van der Waals surface area contributed by atoms with Crippen molar-refractivity contribution in [3.8, 4) is 0 Å². The highest BCUT2D eigenvalue weighted by atomic mass is 35.5. The number of carbonyl (C=O) groups is 1. The number of aryl methyl sites for hydroxylation is 1. The molecule has 0 spiro atoms. The highest BCUT2D eigenvalue weighted by molar-refractivity contribution is 7.09. The van der Waals surface area contributed by atoms with Gasteiger partial charge in [0.2, 0.25) is 0 Å². The Morgan fingerprint density at radius 2 is 2.17 bits per heavy atom. The van der Waals surface area contributed by atoms with Crippen LogP contribution in [0.3, 0.4) is 0 Å². The Kier molecular flexibility index (Phi) is 7.32. The van der Waals surface area contributed by atoms with Crippen molar-refractivity contribution in [1.29, 1.82) is 0 Å². The van der Waals surface area contributed by atoms with Crippen LogP contribution in [0.25, 0.3) is 0 Å². The molecule has 0 bridgehead atoms. The zero-order chi connectivity index (χ0) is 14.8. The standard InChI is InChI=1S/C16H19N3OS.2ClH/c1-11-10-21-15(18-11)13-5-3-7-19(9-13)16(20)12-4-2-6-14(17)8-12;;/h2,4,6,8,10,13H,3,5,7,9,17H2,1H3;2*1H. The van der Waals surface area contributed by atoms with Gasteiger partial charge in [0.05, 0.1) is 5.01 Å². The monoisotopic (exact) mass is 373 g/mol. The molecule has 1 fully saturated rings. The van der Waals surface area contributed by atoms with Crippen LogP contribution < -0.4 is 5.73 Å². The quantitative estimate of drug-likeness (QED) is 0.812. The molecule has 4 nitrogen and oxygen atoms in total. The number of anilines is 1. The van der Waals surface area contributed by atoms with Crippen molar-refractivity contribution in [3.63, 3.8) is 0 Å². The molecule has 1 unspecified atom stereocenters. The van der Waals surface area contributed by atoms with E-state index in [0.717, 1.165) is 36.6 Å². The molecule has 2 N–H and O–H groups in total. The summed E-state index contributed by atoms with van der Waals surface area (Å²) >= 11 is 1.70. The first-order valence-electron chi connectivity index (χ1n) is 7.20. The van der Waals surface area contributed by atoms with Crippen LogP contribution in [0.5, 0.6) is 0 Å². The van der Waals surface area contributed by atoms with Crippen molar-refractivity contribution in [2.75, 3.05) is 18.8 Å². The Morgan fingerprint density at radius 1 is 1.39 bits per heavy atom. The molecule has 1 aromatic carbocycles. The summed E-state index contributed by atoms with van der Waals surface area (Å²) in [6.45, 7) is 3.58. The molecular formula is C16H21Cl2N3OS. The number of hydrogen-bond donors (Lipinski definition) is 1. The number of piperidine rings is 1. The number of aromatic nitrogens is 1. The third kappa shape index (κ3) is 4.59. The lowest BCUT2D eigenvalue weighted by atomic mass is 9.98. The van der Waals surface area contributed by atoms with Crippen LogP contribution in [0.1, 0.15) is 39.8 Å². The number of thiazole rings is 1. The lowest BCUT2D eigenvalue weighted by molar-refractivity contribution is 0.0707. The van der Waals surface area contributed by atoms with Gasteiger partial charge in [-0.3, -0.25) is 4.79 Å². The van der Waals surface area contributed by atoms with E-state index in [0.29, 0.717) is 17.2 Å². The summed E-state index contributed by atoms with van der Waals surface area (Å²) in [7, 11) is 0. The number of halogens is 2. The van der Waals surface area contributed by atoms with Crippen molar-refractivity contribution in [2.45, 2.75) is 25.7 Å². The molecule has 1 aliphatic rings. The number of amides is 1. The number of hydrogen-bond acceptors (Lipinski definition) is 4. The second-order valence-electron chi connectivity index (χ2n) is 5.54. The van der Waals surface area contributed by atoms with E-state index in [1.165, 1.54) is 0 Å². The average Bonchev–Trinajstić information content (AvgIpc) is 2.93. The van der Waals surface area contributed by atoms with E-state index in [1.54, 1.807) is 23.5 Å². The van der Waals surface area contributed by atoms with Gasteiger partial charge < -0.3 is 10.6 Å². The molecule has 1 saturated heterocycles. The molecule has 1 aromatic heterocycles. The molecule has 2 heterocycles. The minimum absolute atomic E-state index is 0. The third-order valence-corrected chi connectivity index (χ3v) is 4.95. The second-order valence-corrected chi connectivity index (χ2v) is 6.43. The number of nitrogens with two attached hydrogens (primary N) is 1. The summed E-state index contributed by atoms with van der Waals surface area (Å²) in [5.74, 6) is 0.433. The van der Waals surface area contributed by atoms with E-state index in [1.807, 2.05) is 24.0 Å². The molecule has 1 amide bonds. The number of nitrogen functional groups attached to an aromatic ring is 1. The number of rotatable bonds is 2. The van der Waals surface area contributed by atoms with Gasteiger partial charge in [-0.05, 0) is 38.0 Å². The second kappa shape index (κ2) is 8.52. The number of nitrogens with zero attached hydrogens (tertiary/aromatic N) is 2. The Morgan fingerprint density at radius 3 is 2.83 bits per heavy atom. The zero-order valence-corrected chi connectivity index (χ0v) is 15.3. The van der Waals surface area contributed by atoms with Gasteiger partial charge in [0.15, 0.2) is 0 Å². The maximum atomic E-state index is 12.6. The first kappa shape index (κ1) is 19.7. The highest BCUT2D eigenvalue weighted by Gasteiger charge is 2.27. The minimum atomic E-state index is 0. The van der Waals surface area contributed by atoms with Crippen LogP contribution in [0, 0.1) is 6.92 Å². The molecule has 1 atom stereocenters. The third-order valence-electron chi connectivity index (χ3n) is 3.83. The Bertz CT molecular complexity index is 662. The Balaban J connectivity index is 0.00000132. The SMILES string of the molecule is Cc1csc(C2CCCN(C(=O)c3cccc(N)c3)C2)n1.Cl.Cl. The van der Waals surface area contributed by atoms with Gasteiger partial charge >= 0.3 is 0 Å². The van der Waals surface area contributed by atoms with Gasteiger partial charge in [-0.15, -0.1) is 36.2 Å². The Hall–Kier alpha value is -1.30. The van der Waals surface area contributed by atoms with Crippen LogP contribution in [-0.4, -0.2) is 28.9 Å². The zero-order valence-electron chi connectivity index (χ0n) is 12.9. The van der Waals surface area contributed by atoms with Gasteiger partial charge in [0.1, 0.15) is 0 Å². The van der Waals surface area contributed by atoms with E-state index < -0.39 is 0 Å². The fourth-order valence-corrected chi connectivity index (χ4v) is 3.70. The molecule has 1 aliphatic heterocycles. The first-order chi connectivity index (χ1) is 10.1. The number of benzene rings is 1. The summed E-state index contributed by atoms with van der Waals surface area (Å²) in [6, 6.07) is 7.21. The van der Waals surface area contributed by atoms with E-state index >= 15 is 0 Å². The van der Waals surface area contributed by atoms with Crippen molar-refractivity contribution >= 4 is 47.7 Å². The normalized spacial score (nSPS) is 17.1. The van der Waals surface area contributed by atoms with Crippen LogP contribution >= 0.6 is 36.2 Å². The molecule has 2 aromatic rings. The van der Waals surface area contributed by atoms with Crippen LogP contribution in [-0.2, 0) is 0 Å². The van der Waals surface area contributed by atoms with Gasteiger partial charge in [-0.1, -0.05) is 6.07 Å². The van der Waals surface area contributed by atoms with Gasteiger partial charge in [-0.2, -0.15) is 0 Å². The van der Waals surface area contributed by atoms with Crippen molar-refractivity contribution in [3.05, 3.63) is 45.9 Å². The lowest BCUT2D eigenvalue weighted by Gasteiger charge is -2.32. The summed E-state index contributed by atoms with van der Waals surface area (Å²) in [6.07, 6.45) is 2.13. The number of likely N-dealkylation sites (tertiary alicyclic amines) is 1. The van der Waals surface area contributed by atoms with E-state index in [9.17, 15) is 4.79 Å². The van der Waals surface area contributed by atoms with Gasteiger partial charge in [0, 0.05) is 41.3 Å². The molecule has 126 valence electrons. The van der Waals surface area contributed by atoms with Crippen molar-refractivity contribution < 1.29 is 4.79 Å². The van der Waals surface area contributed by atoms with Gasteiger partial charge in [-0.25, -0.2) is 4.98 Å². The molecule has 23 heavy (non-hydrogen) atoms. The summed E-state index contributed by atoms with van der Waals surface area (Å²) < 4.78 is 0. The summed E-state index contributed by atoms with van der Waals surface area (Å²) in [4.78, 5) is 19.1. The summed E-state index contributed by atoms with van der Waals surface area (Å²) in [5.41, 5.74) is 8.13. The average molecular weight is 374 g/mol. The van der Waals surface area contributed by atoms with E-state index in [-0.39, 0.29) is 30.7 Å². The Labute approximate surface area is 152 Å². The fourth-order valence-electron chi connectivity index (χ4n) is 2.78. The molecule has 3 rings (SSSR count). The van der Waals surface area contributed by atoms with Crippen LogP contribution in [0.15, 0.2) is 29.6 Å². The molecule has 0 radical (unpaired) electrons. The minimum Gasteiger partial charge on any atom is -0.399 e. The smallest absolute Gasteiger partial charge is 0.253 e. The maximum absolute atomic E-state index is 12.6. The molecule has 0 aliphatic carbocycles. The van der Waals surface area contributed by atoms with E-state index in [2.05, 4.69) is 10.4 Å². The topological polar surface area (TPSA) is 59.2 Å². The predicted octanol–water partition coefficient (Wildman–Crippen LogP) is 3.90. The maximum Gasteiger partial charge on any atom is 0.253 e. The van der Waals surface area contributed by atoms with Crippen LogP contribution in [0.2, 0.25) is 0 Å². The molecule has 7 heteroatoms. The highest BCUT2D eigenvalue weighted by Crippen LogP contribution is 2.29. The van der Waals surface area contributed by atoms with Crippen molar-refractivity contribution in [2.24, 2.45) is 0 Å². The lowest BCUT2D eigenvalue weighted by Crippen LogP contribution is -2.39.